The van der Waals surface area contributed by atoms with Gasteiger partial charge in [-0.05, 0) is 18.8 Å². The summed E-state index contributed by atoms with van der Waals surface area (Å²) in [5, 5.41) is -0.502. The van der Waals surface area contributed by atoms with Crippen molar-refractivity contribution < 1.29 is 13.2 Å². The molecule has 0 aromatic rings. The summed E-state index contributed by atoms with van der Waals surface area (Å²) < 4.78 is 31.2. The lowest BCUT2D eigenvalue weighted by Gasteiger charge is -2.14. The summed E-state index contributed by atoms with van der Waals surface area (Å²) in [5.41, 5.74) is 5.40. The number of nitrogens with two attached hydrogens (primary N) is 1. The number of rotatable bonds is 10. The summed E-state index contributed by atoms with van der Waals surface area (Å²) in [7, 11) is -3.28. The molecule has 17 heavy (non-hydrogen) atoms. The van der Waals surface area contributed by atoms with E-state index in [0.29, 0.717) is 32.1 Å². The Hall–Kier alpha value is -0.170. The molecular weight excluding hydrogens is 240 g/mol. The molecule has 0 rings (SSSR count). The number of hydrogen-bond acceptors (Lipinski definition) is 4. The van der Waals surface area contributed by atoms with Crippen LogP contribution in [0.5, 0.6) is 0 Å². The molecule has 0 aliphatic heterocycles. The molecule has 0 aromatic carbocycles. The van der Waals surface area contributed by atoms with Crippen LogP contribution in [-0.2, 0) is 14.8 Å². The lowest BCUT2D eigenvalue weighted by atomic mass is 10.1. The summed E-state index contributed by atoms with van der Waals surface area (Å²) >= 11 is 0. The van der Waals surface area contributed by atoms with E-state index in [1.54, 1.807) is 0 Å². The van der Waals surface area contributed by atoms with Crippen LogP contribution in [-0.4, -0.2) is 40.0 Å². The van der Waals surface area contributed by atoms with Gasteiger partial charge < -0.3 is 10.5 Å². The van der Waals surface area contributed by atoms with Crippen molar-refractivity contribution in [1.82, 2.24) is 4.72 Å². The lowest BCUT2D eigenvalue weighted by molar-refractivity contribution is 0.128. The predicted octanol–water partition coefficient (Wildman–Crippen LogP) is 0.706. The zero-order valence-electron chi connectivity index (χ0n) is 11.1. The molecule has 5 nitrogen and oxygen atoms in total. The van der Waals surface area contributed by atoms with E-state index in [1.165, 1.54) is 0 Å². The minimum atomic E-state index is -3.28. The van der Waals surface area contributed by atoms with E-state index in [-0.39, 0.29) is 6.54 Å². The van der Waals surface area contributed by atoms with Gasteiger partial charge in [0, 0.05) is 19.7 Å². The number of ether oxygens (including phenoxy) is 1. The Bertz CT molecular complexity index is 274. The molecule has 0 bridgehead atoms. The molecule has 6 heteroatoms. The second-order valence-corrected chi connectivity index (χ2v) is 6.55. The number of hydrogen-bond donors (Lipinski definition) is 2. The number of sulfonamides is 1. The Morgan fingerprint density at radius 2 is 1.94 bits per heavy atom. The Labute approximate surface area is 105 Å². The fourth-order valence-electron chi connectivity index (χ4n) is 1.31. The molecule has 0 saturated heterocycles. The van der Waals surface area contributed by atoms with Gasteiger partial charge >= 0.3 is 0 Å². The van der Waals surface area contributed by atoms with E-state index in [1.807, 2.05) is 6.92 Å². The maximum absolute atomic E-state index is 11.7. The van der Waals surface area contributed by atoms with Gasteiger partial charge in [0.15, 0.2) is 0 Å². The van der Waals surface area contributed by atoms with Gasteiger partial charge in [-0.3, -0.25) is 0 Å². The van der Waals surface area contributed by atoms with Crippen molar-refractivity contribution >= 4 is 10.0 Å². The van der Waals surface area contributed by atoms with E-state index in [9.17, 15) is 8.42 Å². The molecule has 0 aromatic heterocycles. The van der Waals surface area contributed by atoms with Crippen molar-refractivity contribution in [2.75, 3.05) is 26.3 Å². The van der Waals surface area contributed by atoms with Crippen LogP contribution in [0, 0.1) is 5.92 Å². The van der Waals surface area contributed by atoms with Crippen LogP contribution in [0.4, 0.5) is 0 Å². The van der Waals surface area contributed by atoms with Crippen molar-refractivity contribution in [2.45, 2.75) is 38.9 Å². The lowest BCUT2D eigenvalue weighted by Crippen LogP contribution is -2.40. The van der Waals surface area contributed by atoms with Gasteiger partial charge in [-0.2, -0.15) is 0 Å². The summed E-state index contributed by atoms with van der Waals surface area (Å²) in [6.45, 7) is 7.62. The standard InChI is InChI=1S/C11H26N2O3S/c1-4-11(9-12)17(14,15)13-6-8-16-7-5-10(2)3/h10-11,13H,4-9,12H2,1-3H3. The molecule has 104 valence electrons. The van der Waals surface area contributed by atoms with Gasteiger partial charge in [-0.1, -0.05) is 20.8 Å². The smallest absolute Gasteiger partial charge is 0.215 e. The summed E-state index contributed by atoms with van der Waals surface area (Å²) in [6, 6.07) is 0. The molecule has 3 N–H and O–H groups in total. The molecule has 0 fully saturated rings. The highest BCUT2D eigenvalue weighted by Gasteiger charge is 2.21. The average Bonchev–Trinajstić information content (AvgIpc) is 2.24. The molecule has 0 spiro atoms. The quantitative estimate of drug-likeness (QED) is 0.570. The van der Waals surface area contributed by atoms with E-state index in [4.69, 9.17) is 10.5 Å². The first kappa shape index (κ1) is 16.8. The molecule has 0 amide bonds. The van der Waals surface area contributed by atoms with Crippen LogP contribution >= 0.6 is 0 Å². The van der Waals surface area contributed by atoms with Gasteiger partial charge in [0.2, 0.25) is 10.0 Å². The van der Waals surface area contributed by atoms with E-state index < -0.39 is 15.3 Å². The largest absolute Gasteiger partial charge is 0.380 e. The predicted molar refractivity (Wildman–Crippen MR) is 70.3 cm³/mol. The average molecular weight is 266 g/mol. The highest BCUT2D eigenvalue weighted by Crippen LogP contribution is 2.02. The summed E-state index contributed by atoms with van der Waals surface area (Å²) in [6.07, 6.45) is 1.52. The van der Waals surface area contributed by atoms with Crippen LogP contribution in [0.15, 0.2) is 0 Å². The van der Waals surface area contributed by atoms with Crippen molar-refractivity contribution in [1.29, 1.82) is 0 Å². The molecule has 0 aliphatic rings. The second-order valence-electron chi connectivity index (χ2n) is 4.50. The first-order valence-electron chi connectivity index (χ1n) is 6.20. The third-order valence-electron chi connectivity index (χ3n) is 2.55. The van der Waals surface area contributed by atoms with E-state index in [0.717, 1.165) is 6.42 Å². The van der Waals surface area contributed by atoms with Crippen LogP contribution in [0.2, 0.25) is 0 Å². The Morgan fingerprint density at radius 1 is 1.29 bits per heavy atom. The highest BCUT2D eigenvalue weighted by atomic mass is 32.2. The fraction of sp³-hybridized carbons (Fsp3) is 1.00. The highest BCUT2D eigenvalue weighted by molar-refractivity contribution is 7.90. The SMILES string of the molecule is CCC(CN)S(=O)(=O)NCCOCCC(C)C. The first-order valence-corrected chi connectivity index (χ1v) is 7.75. The molecule has 1 unspecified atom stereocenters. The first-order chi connectivity index (χ1) is 7.94. The summed E-state index contributed by atoms with van der Waals surface area (Å²) in [4.78, 5) is 0. The maximum atomic E-state index is 11.7. The van der Waals surface area contributed by atoms with Crippen LogP contribution in [0.1, 0.15) is 33.6 Å². The monoisotopic (exact) mass is 266 g/mol. The normalized spacial score (nSPS) is 14.2. The van der Waals surface area contributed by atoms with Crippen molar-refractivity contribution in [2.24, 2.45) is 11.7 Å². The molecule has 0 aliphatic carbocycles. The topological polar surface area (TPSA) is 81.4 Å². The van der Waals surface area contributed by atoms with Crippen molar-refractivity contribution in [3.63, 3.8) is 0 Å². The third kappa shape index (κ3) is 7.70. The minimum Gasteiger partial charge on any atom is -0.380 e. The van der Waals surface area contributed by atoms with Crippen LogP contribution in [0.3, 0.4) is 0 Å². The van der Waals surface area contributed by atoms with Crippen LogP contribution < -0.4 is 10.5 Å². The van der Waals surface area contributed by atoms with E-state index >= 15 is 0 Å². The molecule has 0 saturated carbocycles. The van der Waals surface area contributed by atoms with Gasteiger partial charge in [-0.15, -0.1) is 0 Å². The van der Waals surface area contributed by atoms with Crippen molar-refractivity contribution in [3.05, 3.63) is 0 Å². The van der Waals surface area contributed by atoms with Gasteiger partial charge in [0.25, 0.3) is 0 Å². The molecule has 0 radical (unpaired) electrons. The zero-order chi connectivity index (χ0) is 13.3. The zero-order valence-corrected chi connectivity index (χ0v) is 11.9. The van der Waals surface area contributed by atoms with Crippen molar-refractivity contribution in [3.8, 4) is 0 Å². The fourth-order valence-corrected chi connectivity index (χ4v) is 2.60. The van der Waals surface area contributed by atoms with Gasteiger partial charge in [0.1, 0.15) is 0 Å². The number of nitrogens with one attached hydrogen (secondary N) is 1. The molecule has 0 heterocycles. The third-order valence-corrected chi connectivity index (χ3v) is 4.56. The summed E-state index contributed by atoms with van der Waals surface area (Å²) in [5.74, 6) is 0.605. The van der Waals surface area contributed by atoms with Gasteiger partial charge in [0.05, 0.1) is 11.9 Å². The Balaban J connectivity index is 3.73. The maximum Gasteiger partial charge on any atom is 0.215 e. The molecule has 1 atom stereocenters. The Morgan fingerprint density at radius 3 is 2.41 bits per heavy atom. The van der Waals surface area contributed by atoms with Gasteiger partial charge in [-0.25, -0.2) is 13.1 Å². The van der Waals surface area contributed by atoms with Crippen LogP contribution in [0.25, 0.3) is 0 Å². The Kier molecular flexibility index (Phi) is 8.77. The molecular formula is C11H26N2O3S. The van der Waals surface area contributed by atoms with E-state index in [2.05, 4.69) is 18.6 Å². The minimum absolute atomic E-state index is 0.153. The second kappa shape index (κ2) is 8.85.